The average molecular weight is 396 g/mol. The van der Waals surface area contributed by atoms with Gasteiger partial charge in [0.25, 0.3) is 5.91 Å². The topological polar surface area (TPSA) is 52.9 Å². The molecule has 0 radical (unpaired) electrons. The minimum atomic E-state index is 0.0373. The number of thiophene rings is 1. The molecule has 7 heteroatoms. The van der Waals surface area contributed by atoms with Gasteiger partial charge >= 0.3 is 0 Å². The van der Waals surface area contributed by atoms with Crippen LogP contribution in [0.3, 0.4) is 0 Å². The highest BCUT2D eigenvalue weighted by atomic mass is 79.9. The zero-order valence-electron chi connectivity index (χ0n) is 9.69. The molecule has 0 bridgehead atoms. The number of rotatable bonds is 1. The molecule has 1 aromatic heterocycles. The van der Waals surface area contributed by atoms with Crippen LogP contribution in [-0.2, 0) is 0 Å². The van der Waals surface area contributed by atoms with Crippen molar-refractivity contribution in [3.63, 3.8) is 0 Å². The van der Waals surface area contributed by atoms with Gasteiger partial charge in [0.1, 0.15) is 0 Å². The highest BCUT2D eigenvalue weighted by Crippen LogP contribution is 2.33. The SMILES string of the molecule is CC1CN(C(=O)c2cc(Br)c(Br)s2)CCC1=NO. The third-order valence-electron chi connectivity index (χ3n) is 2.97. The van der Waals surface area contributed by atoms with Crippen LogP contribution in [0.1, 0.15) is 23.0 Å². The molecule has 1 N–H and O–H groups in total. The first kappa shape index (κ1) is 14.0. The number of oxime groups is 1. The molecule has 4 nitrogen and oxygen atoms in total. The maximum atomic E-state index is 12.3. The fourth-order valence-electron chi connectivity index (χ4n) is 1.96. The van der Waals surface area contributed by atoms with Crippen LogP contribution in [0.25, 0.3) is 0 Å². The van der Waals surface area contributed by atoms with Crippen molar-refractivity contribution in [2.24, 2.45) is 11.1 Å². The third-order valence-corrected chi connectivity index (χ3v) is 6.22. The first-order valence-corrected chi connectivity index (χ1v) is 7.88. The first-order valence-electron chi connectivity index (χ1n) is 5.48. The van der Waals surface area contributed by atoms with E-state index in [0.29, 0.717) is 24.4 Å². The smallest absolute Gasteiger partial charge is 0.264 e. The molecule has 98 valence electrons. The average Bonchev–Trinajstić information content (AvgIpc) is 2.68. The Kier molecular flexibility index (Phi) is 4.45. The number of carbonyl (C=O) groups excluding carboxylic acids is 1. The van der Waals surface area contributed by atoms with E-state index in [1.807, 2.05) is 17.9 Å². The lowest BCUT2D eigenvalue weighted by Gasteiger charge is -2.31. The van der Waals surface area contributed by atoms with Gasteiger partial charge in [0.2, 0.25) is 0 Å². The minimum absolute atomic E-state index is 0.0373. The second kappa shape index (κ2) is 5.71. The lowest BCUT2D eigenvalue weighted by atomic mass is 9.97. The summed E-state index contributed by atoms with van der Waals surface area (Å²) in [7, 11) is 0. The maximum Gasteiger partial charge on any atom is 0.264 e. The van der Waals surface area contributed by atoms with Gasteiger partial charge < -0.3 is 10.1 Å². The van der Waals surface area contributed by atoms with Crippen molar-refractivity contribution >= 4 is 54.8 Å². The Hall–Kier alpha value is -0.400. The molecule has 2 rings (SSSR count). The zero-order chi connectivity index (χ0) is 13.3. The molecule has 18 heavy (non-hydrogen) atoms. The van der Waals surface area contributed by atoms with E-state index in [4.69, 9.17) is 5.21 Å². The van der Waals surface area contributed by atoms with Gasteiger partial charge in [-0.25, -0.2) is 0 Å². The Bertz CT molecular complexity index is 482. The summed E-state index contributed by atoms with van der Waals surface area (Å²) < 4.78 is 1.83. The second-order valence-corrected chi connectivity index (χ2v) is 7.45. The van der Waals surface area contributed by atoms with E-state index in [1.54, 1.807) is 0 Å². The van der Waals surface area contributed by atoms with Crippen molar-refractivity contribution in [3.8, 4) is 0 Å². The monoisotopic (exact) mass is 394 g/mol. The largest absolute Gasteiger partial charge is 0.411 e. The highest BCUT2D eigenvalue weighted by Gasteiger charge is 2.27. The van der Waals surface area contributed by atoms with Crippen LogP contribution in [0.4, 0.5) is 0 Å². The van der Waals surface area contributed by atoms with E-state index in [0.717, 1.165) is 14.0 Å². The van der Waals surface area contributed by atoms with Crippen LogP contribution < -0.4 is 0 Å². The molecule has 0 aromatic carbocycles. The summed E-state index contributed by atoms with van der Waals surface area (Å²) >= 11 is 8.19. The van der Waals surface area contributed by atoms with Gasteiger partial charge in [0.05, 0.1) is 14.4 Å². The lowest BCUT2D eigenvalue weighted by Crippen LogP contribution is -2.43. The fraction of sp³-hybridized carbons (Fsp3) is 0.455. The first-order chi connectivity index (χ1) is 8.52. The molecule has 1 saturated heterocycles. The normalized spacial score (nSPS) is 22.5. The number of nitrogens with zero attached hydrogens (tertiary/aromatic N) is 2. The molecular weight excluding hydrogens is 384 g/mol. The molecule has 0 spiro atoms. The Labute approximate surface area is 126 Å². The van der Waals surface area contributed by atoms with Crippen molar-refractivity contribution in [1.82, 2.24) is 4.90 Å². The summed E-state index contributed by atoms with van der Waals surface area (Å²) in [5, 5.41) is 12.1. The third kappa shape index (κ3) is 2.78. The molecule has 1 aromatic rings. The predicted molar refractivity (Wildman–Crippen MR) is 78.6 cm³/mol. The van der Waals surface area contributed by atoms with Gasteiger partial charge in [-0.3, -0.25) is 4.79 Å². The van der Waals surface area contributed by atoms with E-state index in [1.165, 1.54) is 11.3 Å². The van der Waals surface area contributed by atoms with Crippen molar-refractivity contribution in [3.05, 3.63) is 19.2 Å². The predicted octanol–water partition coefficient (Wildman–Crippen LogP) is 3.59. The van der Waals surface area contributed by atoms with Crippen LogP contribution in [0, 0.1) is 5.92 Å². The van der Waals surface area contributed by atoms with Gasteiger partial charge in [-0.2, -0.15) is 0 Å². The highest BCUT2D eigenvalue weighted by molar-refractivity contribution is 9.13. The number of halogens is 2. The van der Waals surface area contributed by atoms with Gasteiger partial charge in [0, 0.05) is 29.9 Å². The van der Waals surface area contributed by atoms with Crippen LogP contribution in [0.15, 0.2) is 19.5 Å². The van der Waals surface area contributed by atoms with Crippen molar-refractivity contribution in [2.75, 3.05) is 13.1 Å². The second-order valence-electron chi connectivity index (χ2n) is 4.23. The number of carbonyl (C=O) groups is 1. The fourth-order valence-corrected chi connectivity index (χ4v) is 3.97. The van der Waals surface area contributed by atoms with Crippen molar-refractivity contribution in [1.29, 1.82) is 0 Å². The Morgan fingerprint density at radius 3 is 2.83 bits per heavy atom. The summed E-state index contributed by atoms with van der Waals surface area (Å²) in [4.78, 5) is 14.8. The zero-order valence-corrected chi connectivity index (χ0v) is 13.7. The minimum Gasteiger partial charge on any atom is -0.411 e. The summed E-state index contributed by atoms with van der Waals surface area (Å²) in [5.41, 5.74) is 0.771. The number of likely N-dealkylation sites (tertiary alicyclic amines) is 1. The molecule has 0 saturated carbocycles. The van der Waals surface area contributed by atoms with Crippen LogP contribution in [-0.4, -0.2) is 34.8 Å². The van der Waals surface area contributed by atoms with E-state index in [-0.39, 0.29) is 11.8 Å². The van der Waals surface area contributed by atoms with Gasteiger partial charge in [-0.15, -0.1) is 11.3 Å². The van der Waals surface area contributed by atoms with Gasteiger partial charge in [-0.05, 0) is 37.9 Å². The molecule has 1 amide bonds. The standard InChI is InChI=1S/C11H12Br2N2O2S/c1-6-5-15(3-2-8(6)14-17)11(16)9-4-7(12)10(13)18-9/h4,6,17H,2-3,5H2,1H3. The van der Waals surface area contributed by atoms with Crippen molar-refractivity contribution in [2.45, 2.75) is 13.3 Å². The summed E-state index contributed by atoms with van der Waals surface area (Å²) in [6, 6.07) is 1.83. The Balaban J connectivity index is 2.11. The summed E-state index contributed by atoms with van der Waals surface area (Å²) in [6.45, 7) is 3.18. The summed E-state index contributed by atoms with van der Waals surface area (Å²) in [6.07, 6.45) is 0.636. The van der Waals surface area contributed by atoms with Crippen LogP contribution in [0.5, 0.6) is 0 Å². The number of hydrogen-bond acceptors (Lipinski definition) is 4. The quantitative estimate of drug-likeness (QED) is 0.583. The molecule has 0 aliphatic carbocycles. The molecule has 1 fully saturated rings. The van der Waals surface area contributed by atoms with Crippen LogP contribution in [0.2, 0.25) is 0 Å². The maximum absolute atomic E-state index is 12.3. The number of piperidine rings is 1. The van der Waals surface area contributed by atoms with Crippen molar-refractivity contribution < 1.29 is 10.0 Å². The van der Waals surface area contributed by atoms with E-state index in [2.05, 4.69) is 37.0 Å². The van der Waals surface area contributed by atoms with Gasteiger partial charge in [0.15, 0.2) is 0 Å². The Morgan fingerprint density at radius 1 is 1.61 bits per heavy atom. The van der Waals surface area contributed by atoms with E-state index >= 15 is 0 Å². The lowest BCUT2D eigenvalue weighted by molar-refractivity contribution is 0.0739. The number of hydrogen-bond donors (Lipinski definition) is 1. The Morgan fingerprint density at radius 2 is 2.33 bits per heavy atom. The van der Waals surface area contributed by atoms with E-state index in [9.17, 15) is 4.79 Å². The molecular formula is C11H12Br2N2O2S. The molecule has 1 unspecified atom stereocenters. The molecule has 1 aliphatic heterocycles. The molecule has 1 atom stereocenters. The molecule has 2 heterocycles. The summed E-state index contributed by atoms with van der Waals surface area (Å²) in [5.74, 6) is 0.148. The van der Waals surface area contributed by atoms with Gasteiger partial charge in [-0.1, -0.05) is 12.1 Å². The van der Waals surface area contributed by atoms with Crippen LogP contribution >= 0.6 is 43.2 Å². The van der Waals surface area contributed by atoms with E-state index < -0.39 is 0 Å². The molecule has 1 aliphatic rings. The number of amides is 1.